The van der Waals surface area contributed by atoms with Crippen LogP contribution in [0.15, 0.2) is 114 Å². The molecule has 0 bridgehead atoms. The van der Waals surface area contributed by atoms with Crippen molar-refractivity contribution in [3.63, 3.8) is 0 Å². The van der Waals surface area contributed by atoms with Gasteiger partial charge in [-0.2, -0.15) is 0 Å². The van der Waals surface area contributed by atoms with Gasteiger partial charge in [0.05, 0.1) is 10.6 Å². The number of carbonyl (C=O) groups is 2. The first kappa shape index (κ1) is 33.5. The molecule has 0 saturated carbocycles. The molecular formula is C34H35ClIN3O4S. The second-order valence-corrected chi connectivity index (χ2v) is 14.3. The fourth-order valence-electron chi connectivity index (χ4n) is 4.64. The molecule has 4 rings (SSSR count). The van der Waals surface area contributed by atoms with Gasteiger partial charge in [-0.25, -0.2) is 8.42 Å². The lowest BCUT2D eigenvalue weighted by Crippen LogP contribution is -2.53. The summed E-state index contributed by atoms with van der Waals surface area (Å²) in [5.74, 6) is -0.672. The van der Waals surface area contributed by atoms with Crippen LogP contribution < -0.4 is 9.62 Å². The van der Waals surface area contributed by atoms with Crippen molar-refractivity contribution in [1.82, 2.24) is 10.2 Å². The summed E-state index contributed by atoms with van der Waals surface area (Å²) < 4.78 is 30.0. The van der Waals surface area contributed by atoms with E-state index in [2.05, 4.69) is 27.9 Å². The van der Waals surface area contributed by atoms with Crippen LogP contribution >= 0.6 is 34.2 Å². The molecule has 2 amide bonds. The van der Waals surface area contributed by atoms with Crippen molar-refractivity contribution < 1.29 is 18.0 Å². The van der Waals surface area contributed by atoms with E-state index in [1.54, 1.807) is 60.7 Å². The quantitative estimate of drug-likeness (QED) is 0.158. The molecule has 0 fully saturated rings. The van der Waals surface area contributed by atoms with Crippen LogP contribution in [0, 0.1) is 9.49 Å². The second kappa shape index (κ2) is 15.5. The SMILES string of the molecule is CC(C)CNC(=O)[C@@H](Cc1ccccc1)N(Cc1ccccc1Cl)C(=O)CN(c1ccc(I)cc1)S(=O)(=O)c1ccccc1. The Labute approximate surface area is 278 Å². The molecule has 0 unspecified atom stereocenters. The summed E-state index contributed by atoms with van der Waals surface area (Å²) in [6.45, 7) is 3.90. The van der Waals surface area contributed by atoms with Gasteiger partial charge in [0, 0.05) is 28.1 Å². The molecule has 0 radical (unpaired) electrons. The predicted octanol–water partition coefficient (Wildman–Crippen LogP) is 6.55. The average molecular weight is 744 g/mol. The zero-order valence-corrected chi connectivity index (χ0v) is 28.3. The summed E-state index contributed by atoms with van der Waals surface area (Å²) in [4.78, 5) is 29.8. The Balaban J connectivity index is 1.79. The summed E-state index contributed by atoms with van der Waals surface area (Å²) in [5, 5.41) is 3.43. The Kier molecular flexibility index (Phi) is 11.8. The van der Waals surface area contributed by atoms with Crippen LogP contribution in [-0.4, -0.2) is 44.3 Å². The molecule has 4 aromatic carbocycles. The van der Waals surface area contributed by atoms with Gasteiger partial charge < -0.3 is 10.2 Å². The minimum Gasteiger partial charge on any atom is -0.354 e. The van der Waals surface area contributed by atoms with E-state index < -0.39 is 28.5 Å². The number of nitrogens with one attached hydrogen (secondary N) is 1. The van der Waals surface area contributed by atoms with Gasteiger partial charge in [0.1, 0.15) is 12.6 Å². The number of nitrogens with zero attached hydrogens (tertiary/aromatic N) is 2. The molecule has 230 valence electrons. The zero-order chi connectivity index (χ0) is 31.7. The van der Waals surface area contributed by atoms with E-state index in [4.69, 9.17) is 11.6 Å². The van der Waals surface area contributed by atoms with E-state index in [1.807, 2.05) is 50.2 Å². The Morgan fingerprint density at radius 1 is 0.841 bits per heavy atom. The minimum absolute atomic E-state index is 0.0109. The highest BCUT2D eigenvalue weighted by Crippen LogP contribution is 2.26. The summed E-state index contributed by atoms with van der Waals surface area (Å²) in [6.07, 6.45) is 0.232. The van der Waals surface area contributed by atoms with Crippen LogP contribution in [0.1, 0.15) is 25.0 Å². The molecule has 1 N–H and O–H groups in total. The van der Waals surface area contributed by atoms with Crippen LogP contribution in [0.3, 0.4) is 0 Å². The summed E-state index contributed by atoms with van der Waals surface area (Å²) in [6, 6.07) is 30.6. The van der Waals surface area contributed by atoms with Crippen LogP contribution in [0.4, 0.5) is 5.69 Å². The highest BCUT2D eigenvalue weighted by Gasteiger charge is 2.34. The Bertz CT molecular complexity index is 1650. The molecule has 0 aliphatic carbocycles. The van der Waals surface area contributed by atoms with Crippen molar-refractivity contribution in [1.29, 1.82) is 0 Å². The molecule has 0 saturated heterocycles. The van der Waals surface area contributed by atoms with Gasteiger partial charge in [-0.3, -0.25) is 13.9 Å². The van der Waals surface area contributed by atoms with Crippen molar-refractivity contribution in [2.24, 2.45) is 5.92 Å². The van der Waals surface area contributed by atoms with Gasteiger partial charge in [-0.1, -0.05) is 92.2 Å². The maximum atomic E-state index is 14.5. The third-order valence-electron chi connectivity index (χ3n) is 6.98. The monoisotopic (exact) mass is 743 g/mol. The van der Waals surface area contributed by atoms with Crippen molar-refractivity contribution in [2.75, 3.05) is 17.4 Å². The average Bonchev–Trinajstić information content (AvgIpc) is 3.02. The number of halogens is 2. The fraction of sp³-hybridized carbons (Fsp3) is 0.235. The number of amides is 2. The maximum absolute atomic E-state index is 14.5. The lowest BCUT2D eigenvalue weighted by molar-refractivity contribution is -0.140. The van der Waals surface area contributed by atoms with E-state index >= 15 is 0 Å². The van der Waals surface area contributed by atoms with E-state index in [9.17, 15) is 18.0 Å². The molecule has 4 aromatic rings. The van der Waals surface area contributed by atoms with Gasteiger partial charge in [0.2, 0.25) is 11.8 Å². The maximum Gasteiger partial charge on any atom is 0.264 e. The molecule has 10 heteroatoms. The normalized spacial score (nSPS) is 12.0. The van der Waals surface area contributed by atoms with Crippen LogP contribution in [0.25, 0.3) is 0 Å². The molecule has 7 nitrogen and oxygen atoms in total. The third kappa shape index (κ3) is 8.83. The molecule has 44 heavy (non-hydrogen) atoms. The van der Waals surface area contributed by atoms with Crippen LogP contribution in [-0.2, 0) is 32.6 Å². The molecular weight excluding hydrogens is 709 g/mol. The van der Waals surface area contributed by atoms with Crippen molar-refractivity contribution in [3.05, 3.63) is 129 Å². The summed E-state index contributed by atoms with van der Waals surface area (Å²) >= 11 is 8.69. The number of hydrogen-bond acceptors (Lipinski definition) is 4. The van der Waals surface area contributed by atoms with Gasteiger partial charge in [-0.05, 0) is 82.1 Å². The van der Waals surface area contributed by atoms with Gasteiger partial charge in [0.25, 0.3) is 10.0 Å². The smallest absolute Gasteiger partial charge is 0.264 e. The molecule has 0 spiro atoms. The largest absolute Gasteiger partial charge is 0.354 e. The van der Waals surface area contributed by atoms with Crippen molar-refractivity contribution >= 4 is 61.7 Å². The van der Waals surface area contributed by atoms with Crippen molar-refractivity contribution in [3.8, 4) is 0 Å². The lowest BCUT2D eigenvalue weighted by Gasteiger charge is -2.34. The molecule has 0 aliphatic rings. The first-order valence-electron chi connectivity index (χ1n) is 14.2. The first-order chi connectivity index (χ1) is 21.1. The van der Waals surface area contributed by atoms with E-state index in [-0.39, 0.29) is 29.7 Å². The Morgan fingerprint density at radius 3 is 2.05 bits per heavy atom. The van der Waals surface area contributed by atoms with Gasteiger partial charge >= 0.3 is 0 Å². The minimum atomic E-state index is -4.15. The summed E-state index contributed by atoms with van der Waals surface area (Å²) in [7, 11) is -4.15. The second-order valence-electron chi connectivity index (χ2n) is 10.8. The highest BCUT2D eigenvalue weighted by molar-refractivity contribution is 14.1. The predicted molar refractivity (Wildman–Crippen MR) is 184 cm³/mol. The standard InChI is InChI=1S/C34H35ClIN3O4S/c1-25(2)22-37-34(41)32(21-26-11-5-3-6-12-26)38(23-27-13-9-10-16-31(27)35)33(40)24-39(29-19-17-28(36)18-20-29)44(42,43)30-14-7-4-8-15-30/h3-20,25,32H,21-24H2,1-2H3,(H,37,41)/t32-/m1/s1. The molecule has 1 atom stereocenters. The highest BCUT2D eigenvalue weighted by atomic mass is 127. The molecule has 0 aliphatic heterocycles. The number of anilines is 1. The van der Waals surface area contributed by atoms with Gasteiger partial charge in [-0.15, -0.1) is 0 Å². The first-order valence-corrected chi connectivity index (χ1v) is 17.1. The number of carbonyl (C=O) groups excluding carboxylic acids is 2. The van der Waals surface area contributed by atoms with Crippen LogP contribution in [0.2, 0.25) is 5.02 Å². The Morgan fingerprint density at radius 2 is 1.43 bits per heavy atom. The fourth-order valence-corrected chi connectivity index (χ4v) is 6.63. The Hall–Kier alpha value is -3.41. The van der Waals surface area contributed by atoms with Gasteiger partial charge in [0.15, 0.2) is 0 Å². The van der Waals surface area contributed by atoms with E-state index in [0.717, 1.165) is 13.4 Å². The van der Waals surface area contributed by atoms with Crippen LogP contribution in [0.5, 0.6) is 0 Å². The summed E-state index contributed by atoms with van der Waals surface area (Å²) in [5.41, 5.74) is 1.84. The lowest BCUT2D eigenvalue weighted by atomic mass is 10.0. The number of rotatable bonds is 13. The number of sulfonamides is 1. The zero-order valence-electron chi connectivity index (χ0n) is 24.6. The van der Waals surface area contributed by atoms with E-state index in [1.165, 1.54) is 17.0 Å². The number of benzene rings is 4. The number of hydrogen-bond donors (Lipinski definition) is 1. The molecule has 0 aromatic heterocycles. The third-order valence-corrected chi connectivity index (χ3v) is 9.85. The van der Waals surface area contributed by atoms with Crippen molar-refractivity contribution in [2.45, 2.75) is 37.8 Å². The topological polar surface area (TPSA) is 86.8 Å². The molecule has 0 heterocycles. The van der Waals surface area contributed by atoms with E-state index in [0.29, 0.717) is 22.8 Å².